The molecule has 8 heteroatoms. The van der Waals surface area contributed by atoms with Gasteiger partial charge in [0, 0.05) is 23.4 Å². The molecule has 0 saturated heterocycles. The average molecular weight is 389 g/mol. The summed E-state index contributed by atoms with van der Waals surface area (Å²) >= 11 is 0. The highest BCUT2D eigenvalue weighted by molar-refractivity contribution is 6.07. The Hall–Kier alpha value is -4.20. The molecule has 2 aromatic carbocycles. The van der Waals surface area contributed by atoms with E-state index in [1.807, 2.05) is 60.7 Å². The molecule has 0 radical (unpaired) electrons. The summed E-state index contributed by atoms with van der Waals surface area (Å²) in [4.78, 5) is 34.6. The Bertz CT molecular complexity index is 1040. The molecule has 1 heterocycles. The Morgan fingerprint density at radius 3 is 2.10 bits per heavy atom. The molecule has 0 atom stereocenters. The molecule has 5 N–H and O–H groups in total. The topological polar surface area (TPSA) is 133 Å². The van der Waals surface area contributed by atoms with Gasteiger partial charge in [-0.3, -0.25) is 14.4 Å². The second kappa shape index (κ2) is 8.66. The number of hydrogen-bond donors (Lipinski definition) is 3. The summed E-state index contributed by atoms with van der Waals surface area (Å²) in [6, 6.07) is 17.4. The van der Waals surface area contributed by atoms with Gasteiger partial charge in [-0.1, -0.05) is 48.5 Å². The summed E-state index contributed by atoms with van der Waals surface area (Å²) in [5.74, 6) is -2.73. The van der Waals surface area contributed by atoms with E-state index in [4.69, 9.17) is 11.5 Å². The highest BCUT2D eigenvalue weighted by atomic mass is 16.2. The number of hydrogen-bond acceptors (Lipinski definition) is 4. The molecule has 0 fully saturated rings. The van der Waals surface area contributed by atoms with Gasteiger partial charge in [0.25, 0.3) is 0 Å². The number of para-hydroxylation sites is 1. The SMILES string of the molecule is NC(=O)C(NC(=O)/C=C/c1cn(-c2ccccc2)nc1-c1ccccc1)C(N)=O. The molecule has 3 rings (SSSR count). The van der Waals surface area contributed by atoms with Crippen LogP contribution in [0.1, 0.15) is 5.56 Å². The number of carbonyl (C=O) groups is 3. The van der Waals surface area contributed by atoms with E-state index < -0.39 is 23.8 Å². The smallest absolute Gasteiger partial charge is 0.249 e. The Morgan fingerprint density at radius 2 is 1.52 bits per heavy atom. The number of carbonyl (C=O) groups excluding carboxylic acids is 3. The first-order valence-electron chi connectivity index (χ1n) is 8.73. The number of amides is 3. The second-order valence-electron chi connectivity index (χ2n) is 6.16. The van der Waals surface area contributed by atoms with Gasteiger partial charge in [0.05, 0.1) is 11.4 Å². The lowest BCUT2D eigenvalue weighted by Gasteiger charge is -2.09. The lowest BCUT2D eigenvalue weighted by atomic mass is 10.1. The zero-order valence-electron chi connectivity index (χ0n) is 15.4. The van der Waals surface area contributed by atoms with Crippen molar-refractivity contribution in [2.75, 3.05) is 0 Å². The van der Waals surface area contributed by atoms with Crippen molar-refractivity contribution in [2.24, 2.45) is 11.5 Å². The lowest BCUT2D eigenvalue weighted by molar-refractivity contribution is -0.132. The Labute approximate surface area is 166 Å². The third-order valence-electron chi connectivity index (χ3n) is 4.08. The summed E-state index contributed by atoms with van der Waals surface area (Å²) in [7, 11) is 0. The monoisotopic (exact) mass is 389 g/mol. The van der Waals surface area contributed by atoms with E-state index >= 15 is 0 Å². The van der Waals surface area contributed by atoms with Crippen LogP contribution in [0, 0.1) is 0 Å². The quantitative estimate of drug-likeness (QED) is 0.411. The normalized spacial score (nSPS) is 10.9. The first-order chi connectivity index (χ1) is 14.0. The van der Waals surface area contributed by atoms with Gasteiger partial charge in [-0.25, -0.2) is 4.68 Å². The van der Waals surface area contributed by atoms with Crippen molar-refractivity contribution < 1.29 is 14.4 Å². The predicted octanol–water partition coefficient (Wildman–Crippen LogP) is 1.01. The van der Waals surface area contributed by atoms with Gasteiger partial charge in [0.2, 0.25) is 17.7 Å². The molecular formula is C21H19N5O3. The molecule has 3 aromatic rings. The Balaban J connectivity index is 1.92. The van der Waals surface area contributed by atoms with Crippen LogP contribution >= 0.6 is 0 Å². The summed E-state index contributed by atoms with van der Waals surface area (Å²) in [5, 5.41) is 6.81. The molecule has 0 aliphatic carbocycles. The van der Waals surface area contributed by atoms with Crippen molar-refractivity contribution in [3.8, 4) is 16.9 Å². The minimum absolute atomic E-state index is 0.667. The van der Waals surface area contributed by atoms with Gasteiger partial charge < -0.3 is 16.8 Å². The summed E-state index contributed by atoms with van der Waals surface area (Å²) in [5.41, 5.74) is 13.2. The first-order valence-corrected chi connectivity index (χ1v) is 8.73. The van der Waals surface area contributed by atoms with Crippen molar-refractivity contribution >= 4 is 23.8 Å². The van der Waals surface area contributed by atoms with E-state index in [1.54, 1.807) is 17.0 Å². The minimum Gasteiger partial charge on any atom is -0.367 e. The van der Waals surface area contributed by atoms with Gasteiger partial charge >= 0.3 is 0 Å². The molecule has 1 aromatic heterocycles. The second-order valence-corrected chi connectivity index (χ2v) is 6.16. The van der Waals surface area contributed by atoms with Crippen molar-refractivity contribution in [1.82, 2.24) is 15.1 Å². The molecule has 146 valence electrons. The molecule has 29 heavy (non-hydrogen) atoms. The molecule has 0 aliphatic heterocycles. The van der Waals surface area contributed by atoms with E-state index in [-0.39, 0.29) is 0 Å². The van der Waals surface area contributed by atoms with Gasteiger partial charge in [-0.15, -0.1) is 0 Å². The third-order valence-corrected chi connectivity index (χ3v) is 4.08. The fourth-order valence-electron chi connectivity index (χ4n) is 2.68. The molecule has 0 unspecified atom stereocenters. The van der Waals surface area contributed by atoms with E-state index in [9.17, 15) is 14.4 Å². The summed E-state index contributed by atoms with van der Waals surface area (Å²) < 4.78 is 1.70. The standard InChI is InChI=1S/C21H19N5O3/c22-20(28)19(21(23)29)24-17(27)12-11-15-13-26(16-9-5-2-6-10-16)25-18(15)14-7-3-1-4-8-14/h1-13,19H,(H2,22,28)(H2,23,29)(H,24,27)/b12-11+. The summed E-state index contributed by atoms with van der Waals surface area (Å²) in [6.45, 7) is 0. The maximum absolute atomic E-state index is 12.1. The Morgan fingerprint density at radius 1 is 0.931 bits per heavy atom. The fraction of sp³-hybridized carbons (Fsp3) is 0.0476. The molecule has 3 amide bonds. The highest BCUT2D eigenvalue weighted by Gasteiger charge is 2.22. The molecule has 8 nitrogen and oxygen atoms in total. The van der Waals surface area contributed by atoms with Gasteiger partial charge in [0.1, 0.15) is 0 Å². The number of rotatable bonds is 7. The van der Waals surface area contributed by atoms with Crippen LogP contribution in [0.4, 0.5) is 0 Å². The number of aromatic nitrogens is 2. The van der Waals surface area contributed by atoms with Crippen molar-refractivity contribution in [1.29, 1.82) is 0 Å². The van der Waals surface area contributed by atoms with Gasteiger partial charge in [-0.05, 0) is 18.2 Å². The maximum Gasteiger partial charge on any atom is 0.249 e. The first kappa shape index (κ1) is 19.6. The van der Waals surface area contributed by atoms with Gasteiger partial charge in [0.15, 0.2) is 6.04 Å². The Kier molecular flexibility index (Phi) is 5.84. The summed E-state index contributed by atoms with van der Waals surface area (Å²) in [6.07, 6.45) is 4.52. The third kappa shape index (κ3) is 4.75. The van der Waals surface area contributed by atoms with Crippen molar-refractivity contribution in [3.05, 3.63) is 78.5 Å². The molecule has 0 aliphatic rings. The van der Waals surface area contributed by atoms with Crippen LogP contribution in [0.5, 0.6) is 0 Å². The molecule has 0 spiro atoms. The van der Waals surface area contributed by atoms with Crippen LogP contribution in [0.25, 0.3) is 23.0 Å². The average Bonchev–Trinajstić information content (AvgIpc) is 3.15. The van der Waals surface area contributed by atoms with E-state index in [0.717, 1.165) is 11.3 Å². The highest BCUT2D eigenvalue weighted by Crippen LogP contribution is 2.24. The van der Waals surface area contributed by atoms with E-state index in [0.29, 0.717) is 11.3 Å². The number of nitrogens with one attached hydrogen (secondary N) is 1. The zero-order chi connectivity index (χ0) is 20.8. The number of nitrogens with two attached hydrogens (primary N) is 2. The van der Waals surface area contributed by atoms with Gasteiger partial charge in [-0.2, -0.15) is 5.10 Å². The van der Waals surface area contributed by atoms with Crippen LogP contribution in [0.15, 0.2) is 72.9 Å². The molecule has 0 bridgehead atoms. The molecule has 0 saturated carbocycles. The number of primary amides is 2. The minimum atomic E-state index is -1.58. The van der Waals surface area contributed by atoms with Crippen LogP contribution < -0.4 is 16.8 Å². The fourth-order valence-corrected chi connectivity index (χ4v) is 2.68. The lowest BCUT2D eigenvalue weighted by Crippen LogP contribution is -2.52. The largest absolute Gasteiger partial charge is 0.367 e. The van der Waals surface area contributed by atoms with Crippen LogP contribution in [0.2, 0.25) is 0 Å². The maximum atomic E-state index is 12.1. The number of nitrogens with zero attached hydrogens (tertiary/aromatic N) is 2. The van der Waals surface area contributed by atoms with Crippen LogP contribution in [-0.2, 0) is 14.4 Å². The van der Waals surface area contributed by atoms with Crippen LogP contribution in [0.3, 0.4) is 0 Å². The van der Waals surface area contributed by atoms with Crippen molar-refractivity contribution in [2.45, 2.75) is 6.04 Å². The number of benzene rings is 2. The van der Waals surface area contributed by atoms with Crippen LogP contribution in [-0.4, -0.2) is 33.5 Å². The molecular weight excluding hydrogens is 370 g/mol. The predicted molar refractivity (Wildman–Crippen MR) is 108 cm³/mol. The van der Waals surface area contributed by atoms with Crippen molar-refractivity contribution in [3.63, 3.8) is 0 Å². The van der Waals surface area contributed by atoms with E-state index in [2.05, 4.69) is 10.4 Å². The van der Waals surface area contributed by atoms with E-state index in [1.165, 1.54) is 6.08 Å². The zero-order valence-corrected chi connectivity index (χ0v) is 15.4.